The second kappa shape index (κ2) is 26.6. The molecule has 5 amide bonds. The van der Waals surface area contributed by atoms with Gasteiger partial charge in [-0.2, -0.15) is 5.26 Å². The van der Waals surface area contributed by atoms with Gasteiger partial charge < -0.3 is 57.6 Å². The Balaban J connectivity index is 1.54. The molecule has 1 unspecified atom stereocenters. The zero-order valence-corrected chi connectivity index (χ0v) is 40.8. The smallest absolute Gasteiger partial charge is 0.255 e. The number of rotatable bonds is 22. The first-order valence-corrected chi connectivity index (χ1v) is 23.8. The van der Waals surface area contributed by atoms with E-state index in [9.17, 15) is 29.2 Å². The number of nitriles is 1. The molecular weight excluding hydrogens is 895 g/mol. The van der Waals surface area contributed by atoms with Crippen molar-refractivity contribution in [3.63, 3.8) is 0 Å². The SMILES string of the molecule is CCCCCOc1ccc(-c2nc(C)c(C(=O)NC(CCN)C(=O)N(C)[C@@H]3C(=O)N[C@@H](C)C(=O)N[C@H](C(=O)NCC#N)Cc4ccc(OCCCN)c(c4)-c4cc3ccc4OCCCN)c(C)n2)cc1. The van der Waals surface area contributed by atoms with E-state index in [2.05, 4.69) is 38.2 Å². The maximum Gasteiger partial charge on any atom is 0.255 e. The van der Waals surface area contributed by atoms with Gasteiger partial charge in [-0.05, 0) is 126 Å². The molecular formula is C51H67N11O8. The zero-order valence-electron chi connectivity index (χ0n) is 40.8. The summed E-state index contributed by atoms with van der Waals surface area (Å²) in [6, 6.07) is 14.6. The maximum absolute atomic E-state index is 14.8. The lowest BCUT2D eigenvalue weighted by molar-refractivity contribution is -0.141. The van der Waals surface area contributed by atoms with Gasteiger partial charge in [-0.3, -0.25) is 24.0 Å². The fourth-order valence-corrected chi connectivity index (χ4v) is 7.97. The summed E-state index contributed by atoms with van der Waals surface area (Å²) in [6.07, 6.45) is 4.24. The number of nitrogens with two attached hydrogens (primary N) is 3. The second-order valence-electron chi connectivity index (χ2n) is 17.1. The Morgan fingerprint density at radius 3 is 2.07 bits per heavy atom. The van der Waals surface area contributed by atoms with Gasteiger partial charge in [-0.15, -0.1) is 0 Å². The van der Waals surface area contributed by atoms with Gasteiger partial charge in [0.1, 0.15) is 48.0 Å². The molecule has 70 heavy (non-hydrogen) atoms. The van der Waals surface area contributed by atoms with Crippen LogP contribution in [0, 0.1) is 25.2 Å². The minimum absolute atomic E-state index is 0.00330. The molecule has 4 bridgehead atoms. The molecule has 19 nitrogen and oxygen atoms in total. The lowest BCUT2D eigenvalue weighted by Crippen LogP contribution is -2.56. The molecule has 0 radical (unpaired) electrons. The van der Waals surface area contributed by atoms with E-state index in [0.29, 0.717) is 83.5 Å². The molecule has 1 aliphatic heterocycles. The van der Waals surface area contributed by atoms with E-state index in [1.54, 1.807) is 50.2 Å². The minimum atomic E-state index is -1.40. The molecule has 0 saturated heterocycles. The van der Waals surface area contributed by atoms with Crippen LogP contribution in [0.15, 0.2) is 60.7 Å². The molecule has 0 fully saturated rings. The van der Waals surface area contributed by atoms with E-state index < -0.39 is 53.7 Å². The van der Waals surface area contributed by atoms with E-state index in [4.69, 9.17) is 31.4 Å². The van der Waals surface area contributed by atoms with Crippen LogP contribution < -0.4 is 52.7 Å². The maximum atomic E-state index is 14.8. The van der Waals surface area contributed by atoms with E-state index in [1.807, 2.05) is 30.3 Å². The van der Waals surface area contributed by atoms with Gasteiger partial charge in [0, 0.05) is 30.2 Å². The summed E-state index contributed by atoms with van der Waals surface area (Å²) in [6.45, 7) is 8.55. The predicted octanol–water partition coefficient (Wildman–Crippen LogP) is 3.28. The average molecular weight is 962 g/mol. The number of carbonyl (C=O) groups is 5. The topological polar surface area (TPSA) is 292 Å². The van der Waals surface area contributed by atoms with E-state index in [1.165, 1.54) is 18.9 Å². The normalized spacial score (nSPS) is 16.1. The van der Waals surface area contributed by atoms with Crippen LogP contribution >= 0.6 is 0 Å². The van der Waals surface area contributed by atoms with Crippen LogP contribution in [0.25, 0.3) is 22.5 Å². The lowest BCUT2D eigenvalue weighted by Gasteiger charge is -2.32. The van der Waals surface area contributed by atoms with Gasteiger partial charge in [-0.1, -0.05) is 31.9 Å². The van der Waals surface area contributed by atoms with Crippen molar-refractivity contribution in [1.29, 1.82) is 5.26 Å². The predicted molar refractivity (Wildman–Crippen MR) is 264 cm³/mol. The minimum Gasteiger partial charge on any atom is -0.494 e. The largest absolute Gasteiger partial charge is 0.494 e. The number of nitrogens with zero attached hydrogens (tertiary/aromatic N) is 4. The summed E-state index contributed by atoms with van der Waals surface area (Å²) in [7, 11) is 1.43. The van der Waals surface area contributed by atoms with Crippen molar-refractivity contribution < 1.29 is 38.2 Å². The highest BCUT2D eigenvalue weighted by Crippen LogP contribution is 2.40. The molecule has 0 spiro atoms. The van der Waals surface area contributed by atoms with Crippen LogP contribution in [-0.2, 0) is 25.6 Å². The number of hydrogen-bond acceptors (Lipinski definition) is 14. The number of benzene rings is 3. The molecule has 5 rings (SSSR count). The standard InChI is InChI=1S/C51H67N11O8/c1-6-7-8-25-68-37-15-12-35(13-16-37)46-57-31(2)44(32(3)58-46)49(65)60-40(19-22-54)51(67)62(5)45-36-14-18-43(70-27-10-21-53)39(30-36)38-28-34(11-17-42(38)69-26-9-20-52)29-41(48(64)56-24-23-55)61-47(63)33(4)59-50(45)66/h11-18,28,30,33,40-41,45H,6-10,19-22,24-27,29,52-54H2,1-5H3,(H,56,64)(H,59,66)(H,60,65)(H,61,63)/t33-,40?,41-,45-/m0/s1. The van der Waals surface area contributed by atoms with Crippen molar-refractivity contribution in [3.8, 4) is 45.8 Å². The molecule has 10 N–H and O–H groups in total. The Bertz CT molecular complexity index is 2470. The number of carbonyl (C=O) groups excluding carboxylic acids is 5. The fraction of sp³-hybridized carbons (Fsp3) is 0.451. The highest BCUT2D eigenvalue weighted by atomic mass is 16.5. The summed E-state index contributed by atoms with van der Waals surface area (Å²) in [4.78, 5) is 81.4. The molecule has 4 aromatic rings. The van der Waals surface area contributed by atoms with Crippen molar-refractivity contribution in [3.05, 3.63) is 88.7 Å². The zero-order chi connectivity index (χ0) is 50.7. The van der Waals surface area contributed by atoms with E-state index >= 15 is 0 Å². The third-order valence-electron chi connectivity index (χ3n) is 11.7. The van der Waals surface area contributed by atoms with Crippen LogP contribution in [0.2, 0.25) is 0 Å². The number of amides is 5. The van der Waals surface area contributed by atoms with Crippen LogP contribution in [0.4, 0.5) is 0 Å². The number of aromatic nitrogens is 2. The summed E-state index contributed by atoms with van der Waals surface area (Å²) in [5, 5.41) is 20.0. The highest BCUT2D eigenvalue weighted by molar-refractivity contribution is 6.00. The first-order valence-electron chi connectivity index (χ1n) is 23.8. The summed E-state index contributed by atoms with van der Waals surface area (Å²) >= 11 is 0. The molecule has 4 atom stereocenters. The van der Waals surface area contributed by atoms with Crippen molar-refractivity contribution in [2.75, 3.05) is 53.0 Å². The quantitative estimate of drug-likeness (QED) is 0.0440. The molecule has 3 aromatic carbocycles. The van der Waals surface area contributed by atoms with Crippen molar-refractivity contribution in [2.24, 2.45) is 17.2 Å². The first-order chi connectivity index (χ1) is 33.7. The lowest BCUT2D eigenvalue weighted by atomic mass is 9.93. The number of fused-ring (bicyclic) bond motifs is 5. The van der Waals surface area contributed by atoms with Crippen LogP contribution in [0.3, 0.4) is 0 Å². The second-order valence-corrected chi connectivity index (χ2v) is 17.1. The monoisotopic (exact) mass is 962 g/mol. The highest BCUT2D eigenvalue weighted by Gasteiger charge is 2.36. The molecule has 1 aromatic heterocycles. The van der Waals surface area contributed by atoms with Gasteiger partial charge in [0.2, 0.25) is 23.6 Å². The van der Waals surface area contributed by atoms with Crippen molar-refractivity contribution >= 4 is 29.5 Å². The Morgan fingerprint density at radius 1 is 0.829 bits per heavy atom. The van der Waals surface area contributed by atoms with Crippen LogP contribution in [0.5, 0.6) is 17.2 Å². The number of likely N-dealkylation sites (N-methyl/N-ethyl adjacent to an activating group) is 1. The number of nitrogens with one attached hydrogen (secondary N) is 4. The third kappa shape index (κ3) is 14.2. The Hall–Kier alpha value is -7.14. The summed E-state index contributed by atoms with van der Waals surface area (Å²) < 4.78 is 18.4. The van der Waals surface area contributed by atoms with Crippen molar-refractivity contribution in [2.45, 2.75) is 96.8 Å². The average Bonchev–Trinajstić information content (AvgIpc) is 3.34. The molecule has 19 heteroatoms. The summed E-state index contributed by atoms with van der Waals surface area (Å²) in [5.74, 6) is -1.34. The molecule has 2 heterocycles. The third-order valence-corrected chi connectivity index (χ3v) is 11.7. The van der Waals surface area contributed by atoms with Crippen LogP contribution in [-0.4, -0.2) is 116 Å². The molecule has 374 valence electrons. The van der Waals surface area contributed by atoms with Gasteiger partial charge in [-0.25, -0.2) is 9.97 Å². The Labute approximate surface area is 409 Å². The van der Waals surface area contributed by atoms with E-state index in [-0.39, 0.29) is 44.7 Å². The van der Waals surface area contributed by atoms with Gasteiger partial charge in [0.25, 0.3) is 5.91 Å². The van der Waals surface area contributed by atoms with Gasteiger partial charge >= 0.3 is 0 Å². The van der Waals surface area contributed by atoms with Gasteiger partial charge in [0.15, 0.2) is 5.82 Å². The molecule has 0 aliphatic carbocycles. The number of hydrogen-bond donors (Lipinski definition) is 7. The Kier molecular flexibility index (Phi) is 20.4. The van der Waals surface area contributed by atoms with Gasteiger partial charge in [0.05, 0.1) is 42.8 Å². The molecule has 0 saturated carbocycles. The summed E-state index contributed by atoms with van der Waals surface area (Å²) in [5.41, 5.74) is 21.3. The molecule has 1 aliphatic rings. The number of ether oxygens (including phenoxy) is 3. The first kappa shape index (κ1) is 53.8. The van der Waals surface area contributed by atoms with Crippen LogP contribution in [0.1, 0.15) is 91.3 Å². The van der Waals surface area contributed by atoms with E-state index in [0.717, 1.165) is 30.6 Å². The van der Waals surface area contributed by atoms with Crippen molar-refractivity contribution in [1.82, 2.24) is 36.1 Å². The Morgan fingerprint density at radius 2 is 1.46 bits per heavy atom. The number of aryl methyl sites for hydroxylation is 2. The number of unbranched alkanes of at least 4 members (excludes halogenated alkanes) is 2. The fourth-order valence-electron chi connectivity index (χ4n) is 7.97.